The number of esters is 1. The van der Waals surface area contributed by atoms with Crippen molar-refractivity contribution in [1.29, 1.82) is 0 Å². The molecule has 0 heterocycles. The zero-order chi connectivity index (χ0) is 18.3. The van der Waals surface area contributed by atoms with Crippen molar-refractivity contribution >= 4 is 17.8 Å². The third-order valence-electron chi connectivity index (χ3n) is 4.37. The van der Waals surface area contributed by atoms with Crippen molar-refractivity contribution in [2.24, 2.45) is 17.6 Å². The fourth-order valence-corrected chi connectivity index (χ4v) is 3.01. The molecule has 0 aromatic carbocycles. The molecule has 24 heavy (non-hydrogen) atoms. The summed E-state index contributed by atoms with van der Waals surface area (Å²) in [6.45, 7) is 4.25. The molecule has 1 aliphatic rings. The molecule has 138 valence electrons. The van der Waals surface area contributed by atoms with Crippen molar-refractivity contribution in [3.63, 3.8) is 0 Å². The summed E-state index contributed by atoms with van der Waals surface area (Å²) in [6, 6.07) is -2.24. The van der Waals surface area contributed by atoms with Crippen molar-refractivity contribution in [3.8, 4) is 0 Å². The minimum atomic E-state index is -1.23. The molecular weight excluding hydrogens is 316 g/mol. The maximum atomic E-state index is 11.9. The van der Waals surface area contributed by atoms with Crippen molar-refractivity contribution in [2.75, 3.05) is 13.7 Å². The van der Waals surface area contributed by atoms with Crippen LogP contribution in [-0.2, 0) is 23.9 Å². The van der Waals surface area contributed by atoms with Gasteiger partial charge < -0.3 is 25.6 Å². The van der Waals surface area contributed by atoms with Crippen molar-refractivity contribution in [2.45, 2.75) is 57.7 Å². The summed E-state index contributed by atoms with van der Waals surface area (Å²) in [5.41, 5.74) is 5.50. The highest BCUT2D eigenvalue weighted by atomic mass is 16.5. The van der Waals surface area contributed by atoms with Gasteiger partial charge in [0.15, 0.2) is 6.04 Å². The standard InChI is InChI=1S/C16H28N2O6/c1-9(2)10-5-4-6-13(10)24-8-12(16(22)23-3)18-15(21)11(17)7-14(19)20/h9-13H,4-8,17H2,1-3H3,(H,18,21)(H,19,20)/t10?,11-,12-,13?/m0/s1. The normalized spacial score (nSPS) is 22.9. The molecule has 0 saturated heterocycles. The smallest absolute Gasteiger partial charge is 0.330 e. The lowest BCUT2D eigenvalue weighted by atomic mass is 9.92. The Balaban J connectivity index is 2.61. The third kappa shape index (κ3) is 6.09. The Kier molecular flexibility index (Phi) is 8.14. The van der Waals surface area contributed by atoms with E-state index in [0.29, 0.717) is 11.8 Å². The van der Waals surface area contributed by atoms with Crippen LogP contribution in [0.3, 0.4) is 0 Å². The largest absolute Gasteiger partial charge is 0.481 e. The van der Waals surface area contributed by atoms with E-state index in [9.17, 15) is 14.4 Å². The Morgan fingerprint density at radius 3 is 2.50 bits per heavy atom. The average molecular weight is 344 g/mol. The van der Waals surface area contributed by atoms with Crippen LogP contribution in [0.1, 0.15) is 39.5 Å². The maximum Gasteiger partial charge on any atom is 0.330 e. The van der Waals surface area contributed by atoms with Gasteiger partial charge in [-0.3, -0.25) is 9.59 Å². The Morgan fingerprint density at radius 2 is 1.96 bits per heavy atom. The number of amides is 1. The van der Waals surface area contributed by atoms with Crippen LogP contribution < -0.4 is 11.1 Å². The summed E-state index contributed by atoms with van der Waals surface area (Å²) >= 11 is 0. The average Bonchev–Trinajstić information content (AvgIpc) is 2.98. The number of aliphatic carboxylic acids is 1. The first kappa shape index (κ1) is 20.4. The lowest BCUT2D eigenvalue weighted by Gasteiger charge is -2.26. The van der Waals surface area contributed by atoms with Gasteiger partial charge in [-0.1, -0.05) is 20.3 Å². The van der Waals surface area contributed by atoms with Gasteiger partial charge in [0, 0.05) is 0 Å². The molecule has 0 bridgehead atoms. The zero-order valence-corrected chi connectivity index (χ0v) is 14.5. The van der Waals surface area contributed by atoms with Crippen LogP contribution in [0.2, 0.25) is 0 Å². The molecule has 0 aromatic heterocycles. The summed E-state index contributed by atoms with van der Waals surface area (Å²) < 4.78 is 10.5. The quantitative estimate of drug-likeness (QED) is 0.513. The first-order valence-corrected chi connectivity index (χ1v) is 8.23. The van der Waals surface area contributed by atoms with Crippen LogP contribution in [0.15, 0.2) is 0 Å². The van der Waals surface area contributed by atoms with Crippen LogP contribution in [0.25, 0.3) is 0 Å². The second-order valence-electron chi connectivity index (χ2n) is 6.50. The summed E-state index contributed by atoms with van der Waals surface area (Å²) in [5, 5.41) is 11.1. The summed E-state index contributed by atoms with van der Waals surface area (Å²) in [5.74, 6) is -1.65. The summed E-state index contributed by atoms with van der Waals surface area (Å²) in [7, 11) is 1.21. The lowest BCUT2D eigenvalue weighted by Crippen LogP contribution is -2.51. The molecule has 1 aliphatic carbocycles. The van der Waals surface area contributed by atoms with Crippen molar-refractivity contribution < 1.29 is 29.0 Å². The molecular formula is C16H28N2O6. The number of carbonyl (C=O) groups excluding carboxylic acids is 2. The van der Waals surface area contributed by atoms with Crippen LogP contribution in [0.5, 0.6) is 0 Å². The zero-order valence-electron chi connectivity index (χ0n) is 14.5. The van der Waals surface area contributed by atoms with Crippen LogP contribution in [0.4, 0.5) is 0 Å². The van der Waals surface area contributed by atoms with E-state index in [4.69, 9.17) is 15.6 Å². The molecule has 1 amide bonds. The van der Waals surface area contributed by atoms with E-state index in [1.54, 1.807) is 0 Å². The topological polar surface area (TPSA) is 128 Å². The minimum Gasteiger partial charge on any atom is -0.481 e. The Labute approximate surface area is 142 Å². The molecule has 1 rings (SSSR count). The molecule has 0 spiro atoms. The molecule has 8 nitrogen and oxygen atoms in total. The summed E-state index contributed by atoms with van der Waals surface area (Å²) in [6.07, 6.45) is 2.61. The monoisotopic (exact) mass is 344 g/mol. The molecule has 8 heteroatoms. The minimum absolute atomic E-state index is 0.0217. The fraction of sp³-hybridized carbons (Fsp3) is 0.812. The van der Waals surface area contributed by atoms with Gasteiger partial charge in [0.2, 0.25) is 5.91 Å². The SMILES string of the molecule is COC(=O)[C@H](COC1CCCC1C(C)C)NC(=O)[C@@H](N)CC(=O)O. The van der Waals surface area contributed by atoms with Crippen molar-refractivity contribution in [1.82, 2.24) is 5.32 Å². The molecule has 4 atom stereocenters. The van der Waals surface area contributed by atoms with E-state index in [-0.39, 0.29) is 12.7 Å². The Morgan fingerprint density at radius 1 is 1.29 bits per heavy atom. The Bertz CT molecular complexity index is 454. The van der Waals surface area contributed by atoms with Crippen LogP contribution >= 0.6 is 0 Å². The van der Waals surface area contributed by atoms with Crippen molar-refractivity contribution in [3.05, 3.63) is 0 Å². The highest BCUT2D eigenvalue weighted by Gasteiger charge is 2.32. The van der Waals surface area contributed by atoms with E-state index in [1.165, 1.54) is 7.11 Å². The number of carboxylic acid groups (broad SMARTS) is 1. The second kappa shape index (κ2) is 9.58. The van der Waals surface area contributed by atoms with Gasteiger partial charge in [0.05, 0.1) is 32.3 Å². The van der Waals surface area contributed by atoms with Gasteiger partial charge in [-0.25, -0.2) is 4.79 Å². The number of methoxy groups -OCH3 is 1. The van der Waals surface area contributed by atoms with E-state index >= 15 is 0 Å². The highest BCUT2D eigenvalue weighted by molar-refractivity contribution is 5.89. The van der Waals surface area contributed by atoms with E-state index in [2.05, 4.69) is 23.9 Å². The number of hydrogen-bond donors (Lipinski definition) is 3. The van der Waals surface area contributed by atoms with Gasteiger partial charge in [0.25, 0.3) is 0 Å². The van der Waals surface area contributed by atoms with E-state index in [1.807, 2.05) is 0 Å². The predicted molar refractivity (Wildman–Crippen MR) is 86.1 cm³/mol. The summed E-state index contributed by atoms with van der Waals surface area (Å²) in [4.78, 5) is 34.4. The van der Waals surface area contributed by atoms with Crippen LogP contribution in [-0.4, -0.2) is 54.9 Å². The van der Waals surface area contributed by atoms with Gasteiger partial charge >= 0.3 is 11.9 Å². The molecule has 4 N–H and O–H groups in total. The lowest BCUT2D eigenvalue weighted by molar-refractivity contribution is -0.148. The first-order valence-electron chi connectivity index (χ1n) is 8.23. The fourth-order valence-electron chi connectivity index (χ4n) is 3.01. The van der Waals surface area contributed by atoms with E-state index in [0.717, 1.165) is 19.3 Å². The highest BCUT2D eigenvalue weighted by Crippen LogP contribution is 2.33. The number of hydrogen-bond acceptors (Lipinski definition) is 6. The molecule has 0 aliphatic heterocycles. The number of nitrogens with two attached hydrogens (primary N) is 1. The number of carboxylic acids is 1. The third-order valence-corrected chi connectivity index (χ3v) is 4.37. The molecule has 2 unspecified atom stereocenters. The molecule has 0 radical (unpaired) electrons. The first-order chi connectivity index (χ1) is 11.3. The predicted octanol–water partition coefficient (Wildman–Crippen LogP) is 0.288. The second-order valence-corrected chi connectivity index (χ2v) is 6.50. The van der Waals surface area contributed by atoms with Gasteiger partial charge in [0.1, 0.15) is 0 Å². The number of carbonyl (C=O) groups is 3. The number of ether oxygens (including phenoxy) is 2. The van der Waals surface area contributed by atoms with Gasteiger partial charge in [-0.15, -0.1) is 0 Å². The molecule has 1 fully saturated rings. The number of nitrogens with one attached hydrogen (secondary N) is 1. The Hall–Kier alpha value is -1.67. The van der Waals surface area contributed by atoms with Crippen LogP contribution in [0, 0.1) is 11.8 Å². The molecule has 1 saturated carbocycles. The maximum absolute atomic E-state index is 11.9. The van der Waals surface area contributed by atoms with E-state index < -0.39 is 36.4 Å². The molecule has 0 aromatic rings. The van der Waals surface area contributed by atoms with Gasteiger partial charge in [-0.05, 0) is 24.7 Å². The number of rotatable bonds is 9. The van der Waals surface area contributed by atoms with Gasteiger partial charge in [-0.2, -0.15) is 0 Å².